The normalized spacial score (nSPS) is 12.6. The molecular weight excluding hydrogens is 352 g/mol. The van der Waals surface area contributed by atoms with Gasteiger partial charge in [0.05, 0.1) is 17.4 Å². The van der Waals surface area contributed by atoms with Crippen molar-refractivity contribution in [1.29, 1.82) is 0 Å². The zero-order valence-corrected chi connectivity index (χ0v) is 14.9. The molecule has 4 nitrogen and oxygen atoms in total. The number of nitrogens with zero attached hydrogens (tertiary/aromatic N) is 3. The predicted molar refractivity (Wildman–Crippen MR) is 90.2 cm³/mol. The fourth-order valence-corrected chi connectivity index (χ4v) is 3.29. The predicted octanol–water partition coefficient (Wildman–Crippen LogP) is 4.31. The number of aromatic nitrogens is 3. The Kier molecular flexibility index (Phi) is 5.79. The molecule has 1 aromatic heterocycles. The molecule has 1 unspecified atom stereocenters. The Hall–Kier alpha value is -0.910. The van der Waals surface area contributed by atoms with E-state index in [1.165, 1.54) is 0 Å². The van der Waals surface area contributed by atoms with Crippen LogP contribution in [0.5, 0.6) is 0 Å². The van der Waals surface area contributed by atoms with E-state index < -0.39 is 0 Å². The smallest absolute Gasteiger partial charge is 0.103 e. The summed E-state index contributed by atoms with van der Waals surface area (Å²) in [5.41, 5.74) is 3.12. The molecule has 0 amide bonds. The van der Waals surface area contributed by atoms with Crippen molar-refractivity contribution in [3.05, 3.63) is 39.1 Å². The summed E-state index contributed by atoms with van der Waals surface area (Å²) in [5, 5.41) is 12.9. The van der Waals surface area contributed by atoms with Crippen LogP contribution in [0.15, 0.2) is 22.7 Å². The van der Waals surface area contributed by atoms with Gasteiger partial charge in [-0.25, -0.2) is 4.68 Å². The Morgan fingerprint density at radius 2 is 2.10 bits per heavy atom. The van der Waals surface area contributed by atoms with Crippen molar-refractivity contribution in [2.45, 2.75) is 39.7 Å². The quantitative estimate of drug-likeness (QED) is 0.823. The van der Waals surface area contributed by atoms with Gasteiger partial charge >= 0.3 is 0 Å². The molecule has 1 atom stereocenters. The summed E-state index contributed by atoms with van der Waals surface area (Å²) >= 11 is 9.56. The lowest BCUT2D eigenvalue weighted by molar-refractivity contribution is 0.520. The SMILES string of the molecule is CCNC(CC)c1nnn(-c2ccc(Cl)cc2Br)c1CC. The van der Waals surface area contributed by atoms with E-state index in [-0.39, 0.29) is 6.04 Å². The van der Waals surface area contributed by atoms with Gasteiger partial charge in [-0.3, -0.25) is 0 Å². The van der Waals surface area contributed by atoms with Crippen LogP contribution in [0.4, 0.5) is 0 Å². The molecule has 21 heavy (non-hydrogen) atoms. The first-order valence-corrected chi connectivity index (χ1v) is 8.42. The summed E-state index contributed by atoms with van der Waals surface area (Å²) in [6.45, 7) is 7.30. The highest BCUT2D eigenvalue weighted by Crippen LogP contribution is 2.28. The van der Waals surface area contributed by atoms with E-state index in [0.717, 1.165) is 40.9 Å². The van der Waals surface area contributed by atoms with Crippen LogP contribution in [0.25, 0.3) is 5.69 Å². The summed E-state index contributed by atoms with van der Waals surface area (Å²) in [6.07, 6.45) is 1.86. The van der Waals surface area contributed by atoms with Gasteiger partial charge in [-0.2, -0.15) is 0 Å². The van der Waals surface area contributed by atoms with E-state index in [4.69, 9.17) is 11.6 Å². The van der Waals surface area contributed by atoms with E-state index in [1.54, 1.807) is 0 Å². The first-order chi connectivity index (χ1) is 10.1. The van der Waals surface area contributed by atoms with Gasteiger partial charge in [0, 0.05) is 9.50 Å². The van der Waals surface area contributed by atoms with Crippen LogP contribution in [0.1, 0.15) is 44.6 Å². The lowest BCUT2D eigenvalue weighted by atomic mass is 10.1. The van der Waals surface area contributed by atoms with Gasteiger partial charge in [0.1, 0.15) is 5.69 Å². The maximum atomic E-state index is 6.01. The van der Waals surface area contributed by atoms with Crippen LogP contribution < -0.4 is 5.32 Å². The minimum Gasteiger partial charge on any atom is -0.309 e. The van der Waals surface area contributed by atoms with Crippen molar-refractivity contribution in [3.8, 4) is 5.69 Å². The summed E-state index contributed by atoms with van der Waals surface area (Å²) < 4.78 is 2.81. The van der Waals surface area contributed by atoms with Gasteiger partial charge in [-0.05, 0) is 53.5 Å². The Bertz CT molecular complexity index is 612. The second kappa shape index (κ2) is 7.38. The molecule has 2 rings (SSSR count). The monoisotopic (exact) mass is 370 g/mol. The van der Waals surface area contributed by atoms with Crippen LogP contribution in [-0.2, 0) is 6.42 Å². The van der Waals surface area contributed by atoms with Gasteiger partial charge in [0.2, 0.25) is 0 Å². The van der Waals surface area contributed by atoms with Crippen LogP contribution in [0.3, 0.4) is 0 Å². The summed E-state index contributed by atoms with van der Waals surface area (Å²) in [5.74, 6) is 0. The minimum absolute atomic E-state index is 0.241. The Morgan fingerprint density at radius 1 is 1.33 bits per heavy atom. The average molecular weight is 372 g/mol. The maximum absolute atomic E-state index is 6.01. The van der Waals surface area contributed by atoms with Crippen molar-refractivity contribution >= 4 is 27.5 Å². The molecule has 1 aromatic carbocycles. The highest BCUT2D eigenvalue weighted by atomic mass is 79.9. The lowest BCUT2D eigenvalue weighted by Crippen LogP contribution is -2.21. The molecule has 1 heterocycles. The van der Waals surface area contributed by atoms with Crippen LogP contribution in [0.2, 0.25) is 5.02 Å². The third kappa shape index (κ3) is 3.47. The highest BCUT2D eigenvalue weighted by molar-refractivity contribution is 9.10. The molecule has 2 aromatic rings. The molecule has 0 saturated carbocycles. The highest BCUT2D eigenvalue weighted by Gasteiger charge is 2.20. The second-order valence-electron chi connectivity index (χ2n) is 4.80. The number of hydrogen-bond donors (Lipinski definition) is 1. The van der Waals surface area contributed by atoms with Crippen LogP contribution in [0, 0.1) is 0 Å². The first kappa shape index (κ1) is 16.5. The molecule has 0 bridgehead atoms. The van der Waals surface area contributed by atoms with E-state index in [1.807, 2.05) is 22.9 Å². The van der Waals surface area contributed by atoms with Crippen molar-refractivity contribution in [1.82, 2.24) is 20.3 Å². The molecule has 0 aliphatic carbocycles. The van der Waals surface area contributed by atoms with Gasteiger partial charge in [-0.1, -0.05) is 37.6 Å². The molecule has 0 spiro atoms. The summed E-state index contributed by atoms with van der Waals surface area (Å²) in [4.78, 5) is 0. The molecular formula is C15H20BrClN4. The van der Waals surface area contributed by atoms with Gasteiger partial charge in [0.25, 0.3) is 0 Å². The zero-order chi connectivity index (χ0) is 15.4. The first-order valence-electron chi connectivity index (χ1n) is 7.25. The molecule has 114 valence electrons. The molecule has 1 N–H and O–H groups in total. The number of nitrogens with one attached hydrogen (secondary N) is 1. The van der Waals surface area contributed by atoms with Gasteiger partial charge in [-0.15, -0.1) is 5.10 Å². The fourth-order valence-electron chi connectivity index (χ4n) is 2.44. The van der Waals surface area contributed by atoms with Crippen molar-refractivity contribution < 1.29 is 0 Å². The van der Waals surface area contributed by atoms with Crippen molar-refractivity contribution in [2.24, 2.45) is 0 Å². The standard InChI is InChI=1S/C15H20BrClN4/c1-4-12(18-6-3)15-13(5-2)21(20-19-15)14-8-7-10(17)9-11(14)16/h7-9,12,18H,4-6H2,1-3H3. The Morgan fingerprint density at radius 3 is 2.67 bits per heavy atom. The van der Waals surface area contributed by atoms with E-state index in [2.05, 4.69) is 52.3 Å². The Labute approximate surface area is 139 Å². The van der Waals surface area contributed by atoms with Crippen molar-refractivity contribution in [2.75, 3.05) is 6.54 Å². The topological polar surface area (TPSA) is 42.7 Å². The van der Waals surface area contributed by atoms with E-state index in [0.29, 0.717) is 5.02 Å². The maximum Gasteiger partial charge on any atom is 0.103 e. The van der Waals surface area contributed by atoms with Crippen LogP contribution in [-0.4, -0.2) is 21.5 Å². The van der Waals surface area contributed by atoms with E-state index in [9.17, 15) is 0 Å². The fraction of sp³-hybridized carbons (Fsp3) is 0.467. The second-order valence-corrected chi connectivity index (χ2v) is 6.09. The zero-order valence-electron chi connectivity index (χ0n) is 12.5. The minimum atomic E-state index is 0.241. The molecule has 0 aliphatic heterocycles. The van der Waals surface area contributed by atoms with E-state index >= 15 is 0 Å². The number of halogens is 2. The number of benzene rings is 1. The van der Waals surface area contributed by atoms with Crippen molar-refractivity contribution in [3.63, 3.8) is 0 Å². The largest absolute Gasteiger partial charge is 0.309 e. The van der Waals surface area contributed by atoms with Gasteiger partial charge in [0.15, 0.2) is 0 Å². The van der Waals surface area contributed by atoms with Crippen LogP contribution >= 0.6 is 27.5 Å². The van der Waals surface area contributed by atoms with Gasteiger partial charge < -0.3 is 5.32 Å². The summed E-state index contributed by atoms with van der Waals surface area (Å²) in [6, 6.07) is 5.94. The third-order valence-electron chi connectivity index (χ3n) is 3.45. The molecule has 6 heteroatoms. The molecule has 0 saturated heterocycles. The molecule has 0 aliphatic rings. The number of hydrogen-bond acceptors (Lipinski definition) is 3. The lowest BCUT2D eigenvalue weighted by Gasteiger charge is -2.15. The molecule has 0 fully saturated rings. The third-order valence-corrected chi connectivity index (χ3v) is 4.33. The Balaban J connectivity index is 2.48. The number of rotatable bonds is 6. The summed E-state index contributed by atoms with van der Waals surface area (Å²) in [7, 11) is 0. The molecule has 0 radical (unpaired) electrons. The average Bonchev–Trinajstić information content (AvgIpc) is 2.88.